The molecule has 0 unspecified atom stereocenters. The van der Waals surface area contributed by atoms with Gasteiger partial charge in [-0.05, 0) is 103 Å². The molecule has 0 aliphatic heterocycles. The Bertz CT molecular complexity index is 2350. The van der Waals surface area contributed by atoms with Crippen LogP contribution in [-0.2, 0) is 15.8 Å². The summed E-state index contributed by atoms with van der Waals surface area (Å²) >= 11 is 0. The number of nitrogens with one attached hydrogen (secondary N) is 3. The second-order valence-corrected chi connectivity index (χ2v) is 22.1. The standard InChI is InChI=1S/C48H59N5O6Si/c1-48(2,3)60(4,5)59-43(39-25-27-42(54)46-40(39)26-28-45(56)52-46)31-50-30-33-15-20-36(21-16-33)51-44(55)14-10-9-11-32-17-24-38(34-12-7-6-8-13-34)41(29-32)53(47(57)58)37-22-18-35(49)19-23-37/h6-9,11-13,15-17,20-21,24-29,35,37,43,50,54H,10,14,18-19,22-23,30-31,49H2,1-5H3,(H,51,55)(H,52,56)(H,57,58)/b11-9+/t35?,37?,43-/m1/s1. The normalized spacial score (nSPS) is 16.5. The molecule has 316 valence electrons. The number of carbonyl (C=O) groups is 2. The number of aromatic nitrogens is 1. The smallest absolute Gasteiger partial charge is 0.412 e. The Balaban J connectivity index is 1.06. The number of hydrogen-bond acceptors (Lipinski definition) is 7. The first kappa shape index (κ1) is 44.0. The summed E-state index contributed by atoms with van der Waals surface area (Å²) in [6.45, 7) is 12.1. The molecule has 1 aromatic heterocycles. The molecule has 12 heteroatoms. The molecule has 0 radical (unpaired) electrons. The van der Waals surface area contributed by atoms with E-state index in [4.69, 9.17) is 10.2 Å². The van der Waals surface area contributed by atoms with E-state index in [2.05, 4.69) is 49.5 Å². The Labute approximate surface area is 353 Å². The van der Waals surface area contributed by atoms with E-state index >= 15 is 0 Å². The molecule has 11 nitrogen and oxygen atoms in total. The van der Waals surface area contributed by atoms with Gasteiger partial charge >= 0.3 is 6.09 Å². The van der Waals surface area contributed by atoms with Gasteiger partial charge in [-0.25, -0.2) is 4.79 Å². The van der Waals surface area contributed by atoms with Crippen molar-refractivity contribution in [1.82, 2.24) is 10.3 Å². The Morgan fingerprint density at radius 3 is 2.37 bits per heavy atom. The minimum atomic E-state index is -2.22. The van der Waals surface area contributed by atoms with Crippen molar-refractivity contribution < 1.29 is 24.2 Å². The van der Waals surface area contributed by atoms with Crippen LogP contribution in [0.1, 0.15) is 82.1 Å². The highest BCUT2D eigenvalue weighted by molar-refractivity contribution is 6.74. The first-order valence-electron chi connectivity index (χ1n) is 20.9. The summed E-state index contributed by atoms with van der Waals surface area (Å²) in [5.41, 5.74) is 12.2. The van der Waals surface area contributed by atoms with Gasteiger partial charge in [0.15, 0.2) is 8.32 Å². The van der Waals surface area contributed by atoms with Crippen molar-refractivity contribution in [3.8, 4) is 16.9 Å². The van der Waals surface area contributed by atoms with Crippen LogP contribution in [0.4, 0.5) is 16.2 Å². The third-order valence-electron chi connectivity index (χ3n) is 11.9. The first-order valence-corrected chi connectivity index (χ1v) is 23.8. The topological polar surface area (TPSA) is 170 Å². The van der Waals surface area contributed by atoms with Gasteiger partial charge in [-0.3, -0.25) is 14.5 Å². The Kier molecular flexibility index (Phi) is 14.1. The van der Waals surface area contributed by atoms with Gasteiger partial charge in [-0.1, -0.05) is 93.6 Å². The molecule has 1 atom stereocenters. The number of nitrogens with zero attached hydrogens (tertiary/aromatic N) is 1. The summed E-state index contributed by atoms with van der Waals surface area (Å²) in [6.07, 6.45) is 6.40. The number of nitrogens with two attached hydrogens (primary N) is 1. The SMILES string of the molecule is CC(C)(C)[Si](C)(C)O[C@H](CNCc1ccc(NC(=O)CC/C=C/c2ccc(-c3ccccc3)c(N(C(=O)O)C3CCC(N)CC3)c2)cc1)c1ccc(O)c2[nH]c(=O)ccc12. The van der Waals surface area contributed by atoms with Gasteiger partial charge in [0, 0.05) is 54.3 Å². The second-order valence-electron chi connectivity index (χ2n) is 17.3. The van der Waals surface area contributed by atoms with Gasteiger partial charge in [0.05, 0.1) is 17.3 Å². The molecule has 2 amide bonds. The summed E-state index contributed by atoms with van der Waals surface area (Å²) in [5.74, 6) is -0.0914. The lowest BCUT2D eigenvalue weighted by Gasteiger charge is -2.39. The summed E-state index contributed by atoms with van der Waals surface area (Å²) in [4.78, 5) is 42.0. The molecular formula is C48H59N5O6Si. The van der Waals surface area contributed by atoms with Gasteiger partial charge in [0.2, 0.25) is 11.5 Å². The van der Waals surface area contributed by atoms with E-state index in [1.54, 1.807) is 12.1 Å². The summed E-state index contributed by atoms with van der Waals surface area (Å²) < 4.78 is 6.93. The molecular weight excluding hydrogens is 771 g/mol. The number of phenols is 1. The second kappa shape index (κ2) is 19.2. The number of H-pyrrole nitrogens is 1. The lowest BCUT2D eigenvalue weighted by molar-refractivity contribution is -0.116. The van der Waals surface area contributed by atoms with E-state index in [1.165, 1.54) is 11.0 Å². The van der Waals surface area contributed by atoms with Gasteiger partial charge in [-0.15, -0.1) is 0 Å². The number of rotatable bonds is 15. The fraction of sp³-hybridized carbons (Fsp3) is 0.354. The highest BCUT2D eigenvalue weighted by atomic mass is 28.4. The van der Waals surface area contributed by atoms with Gasteiger partial charge in [0.25, 0.3) is 0 Å². The molecule has 1 fully saturated rings. The highest BCUT2D eigenvalue weighted by Gasteiger charge is 2.40. The number of aromatic hydroxyl groups is 1. The Morgan fingerprint density at radius 1 is 0.967 bits per heavy atom. The molecule has 5 aromatic rings. The number of carboxylic acid groups (broad SMARTS) is 1. The number of anilines is 2. The Morgan fingerprint density at radius 2 is 1.68 bits per heavy atom. The average molecular weight is 830 g/mol. The maximum atomic E-state index is 12.9. The number of hydrogen-bond donors (Lipinski definition) is 6. The minimum absolute atomic E-state index is 0.0139. The predicted octanol–water partition coefficient (Wildman–Crippen LogP) is 9.94. The Hall–Kier alpha value is -5.53. The van der Waals surface area contributed by atoms with Crippen LogP contribution in [0.2, 0.25) is 18.1 Å². The van der Waals surface area contributed by atoms with Crippen LogP contribution in [0.3, 0.4) is 0 Å². The number of fused-ring (bicyclic) bond motifs is 1. The van der Waals surface area contributed by atoms with Gasteiger partial charge in [0.1, 0.15) is 5.75 Å². The van der Waals surface area contributed by atoms with Crippen molar-refractivity contribution in [3.05, 3.63) is 130 Å². The van der Waals surface area contributed by atoms with Crippen LogP contribution >= 0.6 is 0 Å². The zero-order chi connectivity index (χ0) is 43.0. The van der Waals surface area contributed by atoms with E-state index in [1.807, 2.05) is 91.0 Å². The van der Waals surface area contributed by atoms with Crippen molar-refractivity contribution in [2.45, 2.75) is 102 Å². The van der Waals surface area contributed by atoms with E-state index in [-0.39, 0.29) is 46.9 Å². The predicted molar refractivity (Wildman–Crippen MR) is 245 cm³/mol. The molecule has 1 saturated carbocycles. The number of allylic oxidation sites excluding steroid dienone is 1. The van der Waals surface area contributed by atoms with Crippen LogP contribution in [0, 0.1) is 0 Å². The molecule has 1 aliphatic carbocycles. The quantitative estimate of drug-likeness (QED) is 0.0567. The molecule has 0 spiro atoms. The van der Waals surface area contributed by atoms with Gasteiger partial charge in [-0.2, -0.15) is 0 Å². The van der Waals surface area contributed by atoms with Crippen LogP contribution in [0.25, 0.3) is 28.1 Å². The highest BCUT2D eigenvalue weighted by Crippen LogP contribution is 2.41. The lowest BCUT2D eigenvalue weighted by Crippen LogP contribution is -2.44. The van der Waals surface area contributed by atoms with E-state index < -0.39 is 14.4 Å². The molecule has 0 bridgehead atoms. The van der Waals surface area contributed by atoms with Crippen LogP contribution in [0.5, 0.6) is 5.75 Å². The fourth-order valence-electron chi connectivity index (χ4n) is 7.53. The fourth-order valence-corrected chi connectivity index (χ4v) is 8.80. The van der Waals surface area contributed by atoms with Crippen molar-refractivity contribution in [2.24, 2.45) is 5.73 Å². The van der Waals surface area contributed by atoms with E-state index in [9.17, 15) is 24.6 Å². The number of pyridine rings is 1. The molecule has 1 heterocycles. The van der Waals surface area contributed by atoms with Gasteiger partial charge < -0.3 is 36.0 Å². The monoisotopic (exact) mass is 829 g/mol. The largest absolute Gasteiger partial charge is 0.506 e. The zero-order valence-electron chi connectivity index (χ0n) is 35.3. The van der Waals surface area contributed by atoms with E-state index in [0.717, 1.165) is 58.9 Å². The van der Waals surface area contributed by atoms with Crippen molar-refractivity contribution in [2.75, 3.05) is 16.8 Å². The summed E-state index contributed by atoms with van der Waals surface area (Å²) in [5, 5.41) is 28.2. The number of aromatic amines is 1. The summed E-state index contributed by atoms with van der Waals surface area (Å²) in [7, 11) is -2.22. The van der Waals surface area contributed by atoms with Crippen molar-refractivity contribution in [1.29, 1.82) is 0 Å². The maximum absolute atomic E-state index is 12.9. The minimum Gasteiger partial charge on any atom is -0.506 e. The van der Waals surface area contributed by atoms with Crippen molar-refractivity contribution in [3.63, 3.8) is 0 Å². The number of benzene rings is 4. The third-order valence-corrected chi connectivity index (χ3v) is 16.4. The molecule has 4 aromatic carbocycles. The van der Waals surface area contributed by atoms with E-state index in [0.29, 0.717) is 36.4 Å². The van der Waals surface area contributed by atoms with Crippen LogP contribution < -0.4 is 26.8 Å². The maximum Gasteiger partial charge on any atom is 0.412 e. The number of amides is 2. The molecule has 1 aliphatic rings. The lowest BCUT2D eigenvalue weighted by atomic mass is 9.89. The number of carbonyl (C=O) groups excluding carboxylic acids is 1. The molecule has 60 heavy (non-hydrogen) atoms. The molecule has 6 rings (SSSR count). The van der Waals surface area contributed by atoms with Crippen molar-refractivity contribution >= 4 is 48.7 Å². The first-order chi connectivity index (χ1) is 28.6. The third kappa shape index (κ3) is 11.0. The van der Waals surface area contributed by atoms with Crippen LogP contribution in [-0.4, -0.2) is 54.1 Å². The van der Waals surface area contributed by atoms with Crippen LogP contribution in [0.15, 0.2) is 108 Å². The zero-order valence-corrected chi connectivity index (χ0v) is 36.3. The summed E-state index contributed by atoms with van der Waals surface area (Å²) in [6, 6.07) is 30.1. The number of phenolic OH excluding ortho intramolecular Hbond substituents is 1. The molecule has 7 N–H and O–H groups in total. The molecule has 0 saturated heterocycles. The average Bonchev–Trinajstić information content (AvgIpc) is 3.21.